The molecule has 150 valence electrons. The van der Waals surface area contributed by atoms with Crippen LogP contribution in [0.5, 0.6) is 0 Å². The fourth-order valence-electron chi connectivity index (χ4n) is 3.19. The van der Waals surface area contributed by atoms with Gasteiger partial charge in [-0.1, -0.05) is 49.4 Å². The Kier molecular flexibility index (Phi) is 8.29. The number of carbonyl (C=O) groups excluding carboxylic acids is 2. The highest BCUT2D eigenvalue weighted by atomic mass is 35.5. The Hall–Kier alpha value is -2.57. The maximum atomic E-state index is 12.4. The van der Waals surface area contributed by atoms with Gasteiger partial charge in [-0.15, -0.1) is 12.4 Å². The first-order chi connectivity index (χ1) is 13.2. The molecule has 0 spiro atoms. The lowest BCUT2D eigenvalue weighted by Gasteiger charge is -2.28. The lowest BCUT2D eigenvalue weighted by atomic mass is 10.0. The molecule has 3 amide bonds. The highest BCUT2D eigenvalue weighted by molar-refractivity contribution is 5.95. The largest absolute Gasteiger partial charge is 0.329 e. The van der Waals surface area contributed by atoms with E-state index >= 15 is 0 Å². The van der Waals surface area contributed by atoms with E-state index in [1.54, 1.807) is 4.90 Å². The molecule has 2 aromatic rings. The molecule has 0 fully saturated rings. The summed E-state index contributed by atoms with van der Waals surface area (Å²) in [7, 11) is 0. The van der Waals surface area contributed by atoms with Crippen molar-refractivity contribution in [2.75, 3.05) is 25.0 Å². The number of urea groups is 1. The van der Waals surface area contributed by atoms with Gasteiger partial charge in [-0.2, -0.15) is 0 Å². The Morgan fingerprint density at radius 2 is 1.75 bits per heavy atom. The zero-order chi connectivity index (χ0) is 19.1. The van der Waals surface area contributed by atoms with E-state index in [0.29, 0.717) is 19.6 Å². The molecule has 0 atom stereocenters. The summed E-state index contributed by atoms with van der Waals surface area (Å²) in [4.78, 5) is 26.4. The normalized spacial score (nSPS) is 12.5. The molecule has 3 N–H and O–H groups in total. The van der Waals surface area contributed by atoms with Crippen LogP contribution in [-0.2, 0) is 24.3 Å². The molecule has 28 heavy (non-hydrogen) atoms. The van der Waals surface area contributed by atoms with Crippen molar-refractivity contribution in [2.45, 2.75) is 26.4 Å². The average Bonchev–Trinajstić information content (AvgIpc) is 2.71. The summed E-state index contributed by atoms with van der Waals surface area (Å²) in [5.41, 5.74) is 4.24. The molecular formula is C21H27ClN4O2. The summed E-state index contributed by atoms with van der Waals surface area (Å²) < 4.78 is 0. The van der Waals surface area contributed by atoms with Crippen molar-refractivity contribution in [1.29, 1.82) is 0 Å². The molecule has 0 aromatic heterocycles. The summed E-state index contributed by atoms with van der Waals surface area (Å²) in [6.45, 7) is 4.77. The van der Waals surface area contributed by atoms with E-state index in [9.17, 15) is 9.59 Å². The van der Waals surface area contributed by atoms with Crippen LogP contribution in [0.15, 0.2) is 48.5 Å². The van der Waals surface area contributed by atoms with E-state index in [-0.39, 0.29) is 30.9 Å². The van der Waals surface area contributed by atoms with Crippen molar-refractivity contribution < 1.29 is 9.59 Å². The number of para-hydroxylation sites is 1. The van der Waals surface area contributed by atoms with E-state index in [1.807, 2.05) is 49.4 Å². The Morgan fingerprint density at radius 1 is 1.04 bits per heavy atom. The van der Waals surface area contributed by atoms with E-state index in [2.05, 4.69) is 22.0 Å². The second-order valence-electron chi connectivity index (χ2n) is 6.58. The summed E-state index contributed by atoms with van der Waals surface area (Å²) >= 11 is 0. The number of carbonyl (C=O) groups is 2. The summed E-state index contributed by atoms with van der Waals surface area (Å²) in [6, 6.07) is 15.6. The zero-order valence-electron chi connectivity index (χ0n) is 16.0. The smallest absolute Gasteiger partial charge is 0.318 e. The number of benzene rings is 2. The fraction of sp³-hybridized carbons (Fsp3) is 0.333. The predicted octanol–water partition coefficient (Wildman–Crippen LogP) is 2.92. The number of halogens is 1. The van der Waals surface area contributed by atoms with Crippen molar-refractivity contribution in [3.8, 4) is 0 Å². The minimum Gasteiger partial charge on any atom is -0.329 e. The quantitative estimate of drug-likeness (QED) is 0.695. The van der Waals surface area contributed by atoms with Crippen LogP contribution in [0.25, 0.3) is 0 Å². The van der Waals surface area contributed by atoms with E-state index in [1.165, 1.54) is 11.1 Å². The average molecular weight is 403 g/mol. The SMILES string of the molecule is CCNCc1ccccc1NC(=O)CNC(=O)N1CCc2ccccc2C1.Cl. The van der Waals surface area contributed by atoms with E-state index in [0.717, 1.165) is 24.2 Å². The minimum atomic E-state index is -0.232. The van der Waals surface area contributed by atoms with Gasteiger partial charge in [0.25, 0.3) is 0 Å². The molecule has 0 aliphatic carbocycles. The van der Waals surface area contributed by atoms with E-state index in [4.69, 9.17) is 0 Å². The van der Waals surface area contributed by atoms with Gasteiger partial charge in [0.2, 0.25) is 5.91 Å². The van der Waals surface area contributed by atoms with Gasteiger partial charge in [0.05, 0.1) is 6.54 Å². The van der Waals surface area contributed by atoms with Crippen LogP contribution in [0.3, 0.4) is 0 Å². The molecule has 1 heterocycles. The van der Waals surface area contributed by atoms with Crippen molar-refractivity contribution in [3.05, 3.63) is 65.2 Å². The number of nitrogens with one attached hydrogen (secondary N) is 3. The van der Waals surface area contributed by atoms with Crippen LogP contribution in [0.2, 0.25) is 0 Å². The molecular weight excluding hydrogens is 376 g/mol. The number of hydrogen-bond donors (Lipinski definition) is 3. The van der Waals surface area contributed by atoms with Crippen LogP contribution in [0.4, 0.5) is 10.5 Å². The molecule has 1 aliphatic heterocycles. The van der Waals surface area contributed by atoms with Gasteiger partial charge >= 0.3 is 6.03 Å². The molecule has 2 aromatic carbocycles. The Bertz CT molecular complexity index is 812. The third kappa shape index (κ3) is 5.71. The van der Waals surface area contributed by atoms with Crippen molar-refractivity contribution in [1.82, 2.24) is 15.5 Å². The third-order valence-electron chi connectivity index (χ3n) is 4.67. The van der Waals surface area contributed by atoms with Gasteiger partial charge in [-0.05, 0) is 35.7 Å². The summed E-state index contributed by atoms with van der Waals surface area (Å²) in [6.07, 6.45) is 0.841. The van der Waals surface area contributed by atoms with Crippen LogP contribution in [0.1, 0.15) is 23.6 Å². The Labute approximate surface area is 172 Å². The third-order valence-corrected chi connectivity index (χ3v) is 4.67. The van der Waals surface area contributed by atoms with Gasteiger partial charge in [0, 0.05) is 25.3 Å². The number of nitrogens with zero attached hydrogens (tertiary/aromatic N) is 1. The lowest BCUT2D eigenvalue weighted by molar-refractivity contribution is -0.115. The van der Waals surface area contributed by atoms with Gasteiger partial charge in [-0.25, -0.2) is 4.79 Å². The first-order valence-corrected chi connectivity index (χ1v) is 9.35. The van der Waals surface area contributed by atoms with Gasteiger partial charge < -0.3 is 20.9 Å². The van der Waals surface area contributed by atoms with Gasteiger partial charge in [-0.3, -0.25) is 4.79 Å². The van der Waals surface area contributed by atoms with Crippen LogP contribution in [-0.4, -0.2) is 36.5 Å². The highest BCUT2D eigenvalue weighted by Gasteiger charge is 2.20. The maximum Gasteiger partial charge on any atom is 0.318 e. The Morgan fingerprint density at radius 3 is 2.54 bits per heavy atom. The molecule has 7 heteroatoms. The lowest BCUT2D eigenvalue weighted by Crippen LogP contribution is -2.45. The van der Waals surface area contributed by atoms with Gasteiger partial charge in [0.15, 0.2) is 0 Å². The number of amides is 3. The molecule has 1 aliphatic rings. The monoisotopic (exact) mass is 402 g/mol. The molecule has 0 unspecified atom stereocenters. The minimum absolute atomic E-state index is 0. The van der Waals surface area contributed by atoms with Crippen LogP contribution in [0, 0.1) is 0 Å². The van der Waals surface area contributed by atoms with Crippen molar-refractivity contribution >= 4 is 30.0 Å². The molecule has 0 bridgehead atoms. The molecule has 3 rings (SSSR count). The molecule has 0 saturated carbocycles. The first-order valence-electron chi connectivity index (χ1n) is 9.35. The van der Waals surface area contributed by atoms with E-state index < -0.39 is 0 Å². The second-order valence-corrected chi connectivity index (χ2v) is 6.58. The van der Waals surface area contributed by atoms with Crippen molar-refractivity contribution in [3.63, 3.8) is 0 Å². The number of rotatable bonds is 6. The summed E-state index contributed by atoms with van der Waals surface area (Å²) in [5.74, 6) is -0.232. The van der Waals surface area contributed by atoms with Crippen molar-refractivity contribution in [2.24, 2.45) is 0 Å². The second kappa shape index (κ2) is 10.7. The molecule has 0 saturated heterocycles. The summed E-state index contributed by atoms with van der Waals surface area (Å²) in [5, 5.41) is 8.86. The molecule has 0 radical (unpaired) electrons. The topological polar surface area (TPSA) is 73.5 Å². The van der Waals surface area contributed by atoms with Crippen LogP contribution < -0.4 is 16.0 Å². The number of hydrogen-bond acceptors (Lipinski definition) is 3. The maximum absolute atomic E-state index is 12.4. The fourth-order valence-corrected chi connectivity index (χ4v) is 3.19. The highest BCUT2D eigenvalue weighted by Crippen LogP contribution is 2.18. The number of anilines is 1. The Balaban J connectivity index is 0.00000280. The standard InChI is InChI=1S/C21H26N4O2.ClH/c1-2-22-13-17-8-5-6-10-19(17)24-20(26)14-23-21(27)25-12-11-16-7-3-4-9-18(16)15-25;/h3-10,22H,2,11-15H2,1H3,(H,23,27)(H,24,26);1H. The predicted molar refractivity (Wildman–Crippen MR) is 114 cm³/mol. The molecule has 6 nitrogen and oxygen atoms in total. The number of fused-ring (bicyclic) bond motifs is 1. The van der Waals surface area contributed by atoms with Crippen LogP contribution >= 0.6 is 12.4 Å². The zero-order valence-corrected chi connectivity index (χ0v) is 16.8. The first kappa shape index (κ1) is 21.7. The van der Waals surface area contributed by atoms with Gasteiger partial charge in [0.1, 0.15) is 0 Å².